The van der Waals surface area contributed by atoms with Gasteiger partial charge in [0.2, 0.25) is 0 Å². The first kappa shape index (κ1) is 14.2. The minimum Gasteiger partial charge on any atom is -0.0776 e. The van der Waals surface area contributed by atoms with Crippen LogP contribution < -0.4 is 0 Å². The predicted octanol–water partition coefficient (Wildman–Crippen LogP) is 4.82. The molecule has 0 saturated heterocycles. The van der Waals surface area contributed by atoms with Crippen LogP contribution in [0.2, 0.25) is 0 Å². The molecule has 1 aromatic carbocycles. The van der Waals surface area contributed by atoms with Crippen molar-refractivity contribution in [3.8, 4) is 0 Å². The Morgan fingerprint density at radius 2 is 1.47 bits per heavy atom. The van der Waals surface area contributed by atoms with Crippen molar-refractivity contribution < 1.29 is 0 Å². The standard InChI is InChI=1S/C14H22.CH4/c1-11(2)10-12-6-8-13(9-7-12)14(3,4)5;/h6-9,11H,10H2,1-5H3;1H4. The van der Waals surface area contributed by atoms with Gasteiger partial charge in [0.1, 0.15) is 0 Å². The molecule has 0 heteroatoms. The SMILES string of the molecule is C.CC(C)Cc1ccc(C(C)(C)C)cc1. The van der Waals surface area contributed by atoms with Crippen LogP contribution in [0.25, 0.3) is 0 Å². The maximum Gasteiger partial charge on any atom is -0.0132 e. The Hall–Kier alpha value is -0.780. The molecule has 0 amide bonds. The summed E-state index contributed by atoms with van der Waals surface area (Å²) in [6, 6.07) is 9.05. The fraction of sp³-hybridized carbons (Fsp3) is 0.600. The van der Waals surface area contributed by atoms with E-state index in [0.717, 1.165) is 5.92 Å². The molecular formula is C15H26. The molecule has 15 heavy (non-hydrogen) atoms. The Kier molecular flexibility index (Phi) is 5.07. The molecule has 0 aromatic heterocycles. The van der Waals surface area contributed by atoms with Crippen LogP contribution in [0.1, 0.15) is 53.2 Å². The summed E-state index contributed by atoms with van der Waals surface area (Å²) < 4.78 is 0. The highest BCUT2D eigenvalue weighted by atomic mass is 14.2. The van der Waals surface area contributed by atoms with Crippen LogP contribution in [0.4, 0.5) is 0 Å². The van der Waals surface area contributed by atoms with Crippen LogP contribution in [0, 0.1) is 5.92 Å². The highest BCUT2D eigenvalue weighted by Gasteiger charge is 2.12. The molecule has 1 aromatic rings. The average Bonchev–Trinajstić information content (AvgIpc) is 2.02. The molecule has 0 unspecified atom stereocenters. The smallest absolute Gasteiger partial charge is 0.0132 e. The Labute approximate surface area is 95.7 Å². The molecule has 0 radical (unpaired) electrons. The van der Waals surface area contributed by atoms with E-state index in [2.05, 4.69) is 58.9 Å². The van der Waals surface area contributed by atoms with Crippen molar-refractivity contribution in [3.05, 3.63) is 35.4 Å². The molecule has 0 nitrogen and oxygen atoms in total. The third kappa shape index (κ3) is 4.51. The van der Waals surface area contributed by atoms with E-state index in [4.69, 9.17) is 0 Å². The second-order valence-corrected chi connectivity index (χ2v) is 5.54. The van der Waals surface area contributed by atoms with Crippen molar-refractivity contribution in [2.75, 3.05) is 0 Å². The summed E-state index contributed by atoms with van der Waals surface area (Å²) in [7, 11) is 0. The largest absolute Gasteiger partial charge is 0.0776 e. The number of hydrogen-bond donors (Lipinski definition) is 0. The van der Waals surface area contributed by atoms with E-state index in [0.29, 0.717) is 0 Å². The fourth-order valence-electron chi connectivity index (χ4n) is 1.61. The molecule has 0 aliphatic rings. The number of benzene rings is 1. The third-order valence-corrected chi connectivity index (χ3v) is 2.46. The van der Waals surface area contributed by atoms with Gasteiger partial charge in [-0.15, -0.1) is 0 Å². The minimum absolute atomic E-state index is 0. The normalized spacial score (nSPS) is 11.3. The van der Waals surface area contributed by atoms with Gasteiger partial charge in [-0.05, 0) is 28.9 Å². The van der Waals surface area contributed by atoms with E-state index in [-0.39, 0.29) is 12.8 Å². The van der Waals surface area contributed by atoms with E-state index in [1.54, 1.807) is 0 Å². The van der Waals surface area contributed by atoms with Gasteiger partial charge in [-0.2, -0.15) is 0 Å². The Balaban J connectivity index is 0.00000196. The van der Waals surface area contributed by atoms with Gasteiger partial charge in [-0.3, -0.25) is 0 Å². The summed E-state index contributed by atoms with van der Waals surface area (Å²) >= 11 is 0. The summed E-state index contributed by atoms with van der Waals surface area (Å²) in [5.74, 6) is 0.746. The van der Waals surface area contributed by atoms with Crippen LogP contribution in [0.5, 0.6) is 0 Å². The molecule has 0 N–H and O–H groups in total. The van der Waals surface area contributed by atoms with E-state index < -0.39 is 0 Å². The van der Waals surface area contributed by atoms with Crippen LogP contribution in [0.3, 0.4) is 0 Å². The first-order valence-corrected chi connectivity index (χ1v) is 5.49. The predicted molar refractivity (Wildman–Crippen MR) is 70.4 cm³/mol. The Morgan fingerprint density at radius 3 is 1.80 bits per heavy atom. The van der Waals surface area contributed by atoms with Gasteiger partial charge in [0, 0.05) is 0 Å². The molecule has 0 saturated carbocycles. The molecule has 0 aliphatic heterocycles. The average molecular weight is 206 g/mol. The van der Waals surface area contributed by atoms with E-state index >= 15 is 0 Å². The zero-order valence-corrected chi connectivity index (χ0v) is 10.1. The Morgan fingerprint density at radius 1 is 1.00 bits per heavy atom. The van der Waals surface area contributed by atoms with Crippen molar-refractivity contribution in [2.24, 2.45) is 5.92 Å². The minimum atomic E-state index is 0. The molecular weight excluding hydrogens is 180 g/mol. The van der Waals surface area contributed by atoms with Gasteiger partial charge in [-0.1, -0.05) is 66.3 Å². The molecule has 0 bridgehead atoms. The Bertz CT molecular complexity index is 272. The van der Waals surface area contributed by atoms with Crippen molar-refractivity contribution in [3.63, 3.8) is 0 Å². The molecule has 0 fully saturated rings. The summed E-state index contributed by atoms with van der Waals surface area (Å²) in [4.78, 5) is 0. The lowest BCUT2D eigenvalue weighted by molar-refractivity contribution is 0.589. The second-order valence-electron chi connectivity index (χ2n) is 5.54. The van der Waals surface area contributed by atoms with E-state index in [1.807, 2.05) is 0 Å². The maximum atomic E-state index is 2.26. The summed E-state index contributed by atoms with van der Waals surface area (Å²) in [5.41, 5.74) is 3.15. The quantitative estimate of drug-likeness (QED) is 0.651. The maximum absolute atomic E-state index is 2.26. The van der Waals surface area contributed by atoms with Crippen molar-refractivity contribution >= 4 is 0 Å². The van der Waals surface area contributed by atoms with Crippen molar-refractivity contribution in [2.45, 2.75) is 53.9 Å². The first-order chi connectivity index (χ1) is 6.39. The zero-order chi connectivity index (χ0) is 10.8. The third-order valence-electron chi connectivity index (χ3n) is 2.46. The van der Waals surface area contributed by atoms with Crippen LogP contribution in [-0.2, 0) is 11.8 Å². The van der Waals surface area contributed by atoms with Crippen LogP contribution in [-0.4, -0.2) is 0 Å². The molecule has 0 heterocycles. The lowest BCUT2D eigenvalue weighted by atomic mass is 9.86. The summed E-state index contributed by atoms with van der Waals surface area (Å²) in [6.07, 6.45) is 1.18. The van der Waals surface area contributed by atoms with E-state index in [9.17, 15) is 0 Å². The van der Waals surface area contributed by atoms with Crippen molar-refractivity contribution in [1.29, 1.82) is 0 Å². The van der Waals surface area contributed by atoms with Gasteiger partial charge in [0.25, 0.3) is 0 Å². The lowest BCUT2D eigenvalue weighted by Gasteiger charge is -2.19. The van der Waals surface area contributed by atoms with Gasteiger partial charge in [0.05, 0.1) is 0 Å². The highest BCUT2D eigenvalue weighted by Crippen LogP contribution is 2.22. The van der Waals surface area contributed by atoms with Crippen molar-refractivity contribution in [1.82, 2.24) is 0 Å². The topological polar surface area (TPSA) is 0 Å². The zero-order valence-electron chi connectivity index (χ0n) is 10.1. The van der Waals surface area contributed by atoms with Gasteiger partial charge < -0.3 is 0 Å². The number of hydrogen-bond acceptors (Lipinski definition) is 0. The molecule has 86 valence electrons. The molecule has 0 spiro atoms. The van der Waals surface area contributed by atoms with Gasteiger partial charge >= 0.3 is 0 Å². The molecule has 0 atom stereocenters. The summed E-state index contributed by atoms with van der Waals surface area (Å²) in [6.45, 7) is 11.3. The highest BCUT2D eigenvalue weighted by molar-refractivity contribution is 5.27. The van der Waals surface area contributed by atoms with Gasteiger partial charge in [-0.25, -0.2) is 0 Å². The monoisotopic (exact) mass is 206 g/mol. The lowest BCUT2D eigenvalue weighted by Crippen LogP contribution is -2.10. The first-order valence-electron chi connectivity index (χ1n) is 5.49. The van der Waals surface area contributed by atoms with Gasteiger partial charge in [0.15, 0.2) is 0 Å². The number of rotatable bonds is 2. The van der Waals surface area contributed by atoms with E-state index in [1.165, 1.54) is 17.5 Å². The van der Waals surface area contributed by atoms with Crippen LogP contribution in [0.15, 0.2) is 24.3 Å². The summed E-state index contributed by atoms with van der Waals surface area (Å²) in [5, 5.41) is 0. The van der Waals surface area contributed by atoms with Crippen LogP contribution >= 0.6 is 0 Å². The molecule has 0 aliphatic carbocycles. The second kappa shape index (κ2) is 5.34. The molecule has 1 rings (SSSR count). The fourth-order valence-corrected chi connectivity index (χ4v) is 1.61.